The predicted molar refractivity (Wildman–Crippen MR) is 383 cm³/mol. The van der Waals surface area contributed by atoms with Gasteiger partial charge in [0.05, 0.1) is 24.4 Å². The number of rotatable bonds is 48. The van der Waals surface area contributed by atoms with Crippen LogP contribution in [0.4, 0.5) is 0 Å². The molecule has 0 aliphatic heterocycles. The summed E-state index contributed by atoms with van der Waals surface area (Å²) in [5, 5.41) is 26.8. The summed E-state index contributed by atoms with van der Waals surface area (Å²) in [6.45, 7) is 5.24. The molecule has 8 nitrogen and oxygen atoms in total. The van der Waals surface area contributed by atoms with Gasteiger partial charge in [0.2, 0.25) is 0 Å². The monoisotopic (exact) mass is 1260 g/mol. The van der Waals surface area contributed by atoms with Gasteiger partial charge in [0.25, 0.3) is 0 Å². The number of aliphatic carboxylic acids is 3. The van der Waals surface area contributed by atoms with Crippen molar-refractivity contribution in [3.05, 3.63) is 0 Å². The predicted octanol–water partition coefficient (Wildman–Crippen LogP) is 27.4. The number of carbonyl (C=O) groups is 4. The molecule has 3 N–H and O–H groups in total. The van der Waals surface area contributed by atoms with Gasteiger partial charge < -0.3 is 20.1 Å². The van der Waals surface area contributed by atoms with Gasteiger partial charge in [-0.05, 0) is 51.4 Å². The fraction of sp³-hybridized carbons (Fsp3) is 0.951. The van der Waals surface area contributed by atoms with E-state index < -0.39 is 17.9 Å². The molecule has 0 saturated heterocycles. The van der Waals surface area contributed by atoms with E-state index in [1.807, 2.05) is 0 Å². The van der Waals surface area contributed by atoms with Gasteiger partial charge in [-0.2, -0.15) is 0 Å². The molecule has 0 spiro atoms. The zero-order valence-electron chi connectivity index (χ0n) is 60.0. The number of esters is 1. The van der Waals surface area contributed by atoms with Crippen molar-refractivity contribution >= 4 is 23.9 Å². The Bertz CT molecular complexity index is 1330. The molecule has 528 valence electrons. The lowest BCUT2D eigenvalue weighted by molar-refractivity contribution is -0.144. The van der Waals surface area contributed by atoms with Gasteiger partial charge in [0, 0.05) is 6.42 Å². The third-order valence-corrected chi connectivity index (χ3v) is 20.1. The van der Waals surface area contributed by atoms with Crippen molar-refractivity contribution in [2.45, 2.75) is 470 Å². The summed E-state index contributed by atoms with van der Waals surface area (Å²) in [5.41, 5.74) is 0. The summed E-state index contributed by atoms with van der Waals surface area (Å²) >= 11 is 0. The minimum Gasteiger partial charge on any atom is -0.481 e. The highest BCUT2D eigenvalue weighted by atomic mass is 16.5. The van der Waals surface area contributed by atoms with Crippen LogP contribution in [0, 0.1) is 17.8 Å². The second kappa shape index (κ2) is 73.3. The molecule has 0 aromatic rings. The summed E-state index contributed by atoms with van der Waals surface area (Å²) in [6.07, 6.45) is 92.1. The molecule has 0 bridgehead atoms. The second-order valence-electron chi connectivity index (χ2n) is 28.7. The summed E-state index contributed by atoms with van der Waals surface area (Å²) in [6, 6.07) is 0. The first-order chi connectivity index (χ1) is 43.7. The van der Waals surface area contributed by atoms with Gasteiger partial charge in [0.15, 0.2) is 0 Å². The van der Waals surface area contributed by atoms with Crippen molar-refractivity contribution < 1.29 is 39.2 Å². The van der Waals surface area contributed by atoms with Crippen molar-refractivity contribution in [1.29, 1.82) is 0 Å². The number of carboxylic acids is 3. The Morgan fingerprint density at radius 3 is 0.573 bits per heavy atom. The second-order valence-corrected chi connectivity index (χ2v) is 28.7. The summed E-state index contributed by atoms with van der Waals surface area (Å²) in [5.74, 6) is -1.89. The molecular formula is C81H156O8. The quantitative estimate of drug-likeness (QED) is 0.0404. The number of hydrogen-bond acceptors (Lipinski definition) is 5. The minimum absolute atomic E-state index is 0.0329. The Kier molecular flexibility index (Phi) is 71.5. The molecule has 8 heteroatoms. The lowest BCUT2D eigenvalue weighted by Gasteiger charge is -2.13. The first-order valence-electron chi connectivity index (χ1n) is 40.6. The molecule has 3 aliphatic rings. The molecule has 3 fully saturated rings. The third-order valence-electron chi connectivity index (χ3n) is 20.1. The Labute approximate surface area is 554 Å². The van der Waals surface area contributed by atoms with Gasteiger partial charge in [-0.3, -0.25) is 19.2 Å². The third kappa shape index (κ3) is 68.6. The average molecular weight is 1260 g/mol. The zero-order chi connectivity index (χ0) is 64.7. The Hall–Kier alpha value is -2.12. The van der Waals surface area contributed by atoms with Gasteiger partial charge in [-0.1, -0.05) is 412 Å². The molecule has 0 unspecified atom stereocenters. The maximum absolute atomic E-state index is 12.0. The fourth-order valence-electron chi connectivity index (χ4n) is 13.8. The van der Waals surface area contributed by atoms with Gasteiger partial charge in [-0.15, -0.1) is 0 Å². The summed E-state index contributed by atoms with van der Waals surface area (Å²) < 4.78 is 5.48. The van der Waals surface area contributed by atoms with E-state index in [0.29, 0.717) is 13.0 Å². The minimum atomic E-state index is -0.583. The molecule has 0 amide bonds. The molecule has 0 radical (unpaired) electrons. The maximum atomic E-state index is 12.0. The van der Waals surface area contributed by atoms with Crippen LogP contribution < -0.4 is 0 Å². The van der Waals surface area contributed by atoms with Crippen molar-refractivity contribution in [2.24, 2.45) is 17.8 Å². The van der Waals surface area contributed by atoms with E-state index >= 15 is 0 Å². The summed E-state index contributed by atoms with van der Waals surface area (Å²) in [4.78, 5) is 44.5. The first kappa shape index (κ1) is 86.9. The van der Waals surface area contributed by atoms with Crippen LogP contribution in [0.5, 0.6) is 0 Å². The zero-order valence-corrected chi connectivity index (χ0v) is 60.0. The van der Waals surface area contributed by atoms with E-state index in [1.54, 1.807) is 0 Å². The first-order valence-corrected chi connectivity index (χ1v) is 40.6. The SMILES string of the molecule is CCCCCCCCCCCCCCCCCCCCCCCCCCCCCC(=O)OCCCCCCCCCCCCCCCCCC.O=C(O)C1CCCCCCCCC1.O=C(O)C1CCCCCCCCC1.O=C(O)C1CCCCCCCCC1. The van der Waals surface area contributed by atoms with Crippen molar-refractivity contribution in [1.82, 2.24) is 0 Å². The van der Waals surface area contributed by atoms with Gasteiger partial charge in [0.1, 0.15) is 0 Å². The van der Waals surface area contributed by atoms with Gasteiger partial charge >= 0.3 is 23.9 Å². The van der Waals surface area contributed by atoms with E-state index in [2.05, 4.69) is 13.8 Å². The molecule has 0 aromatic heterocycles. The number of ether oxygens (including phenoxy) is 1. The van der Waals surface area contributed by atoms with E-state index in [4.69, 9.17) is 20.1 Å². The number of carboxylic acid groups (broad SMARTS) is 3. The highest BCUT2D eigenvalue weighted by molar-refractivity contribution is 5.70. The smallest absolute Gasteiger partial charge is 0.306 e. The lowest BCUT2D eigenvalue weighted by Crippen LogP contribution is -2.14. The van der Waals surface area contributed by atoms with E-state index in [0.717, 1.165) is 89.9 Å². The molecule has 0 aromatic carbocycles. The van der Waals surface area contributed by atoms with Crippen molar-refractivity contribution in [3.8, 4) is 0 Å². The number of unbranched alkanes of at least 4 members (excludes halogenated alkanes) is 41. The number of hydrogen-bond donors (Lipinski definition) is 3. The van der Waals surface area contributed by atoms with Crippen LogP contribution in [0.15, 0.2) is 0 Å². The molecular weight excluding hydrogens is 1100 g/mol. The van der Waals surface area contributed by atoms with Crippen molar-refractivity contribution in [2.75, 3.05) is 6.61 Å². The Morgan fingerprint density at radius 2 is 0.393 bits per heavy atom. The highest BCUT2D eigenvalue weighted by Crippen LogP contribution is 2.25. The average Bonchev–Trinajstić information content (AvgIpc) is 3.56. The van der Waals surface area contributed by atoms with E-state index in [-0.39, 0.29) is 23.7 Å². The van der Waals surface area contributed by atoms with Crippen LogP contribution in [0.2, 0.25) is 0 Å². The topological polar surface area (TPSA) is 138 Å². The van der Waals surface area contributed by atoms with Crippen LogP contribution in [0.1, 0.15) is 470 Å². The standard InChI is InChI=1S/C48H96O2.3C11H20O2/c1-3-5-7-9-11-13-15-17-19-21-22-23-24-25-26-27-28-29-30-31-32-34-36-38-40-42-44-46-48(49)50-47-45-43-41-39-37-35-33-20-18-16-14-12-10-8-6-4-2;3*12-11(13)10-8-6-4-2-1-3-5-7-9-10/h3-47H2,1-2H3;3*10H,1-9H2,(H,12,13). The van der Waals surface area contributed by atoms with Gasteiger partial charge in [-0.25, -0.2) is 0 Å². The van der Waals surface area contributed by atoms with Crippen LogP contribution in [0.3, 0.4) is 0 Å². The molecule has 0 atom stereocenters. The Balaban J connectivity index is 0.00000156. The van der Waals surface area contributed by atoms with Crippen LogP contribution >= 0.6 is 0 Å². The molecule has 89 heavy (non-hydrogen) atoms. The van der Waals surface area contributed by atoms with Crippen LogP contribution in [-0.2, 0) is 23.9 Å². The highest BCUT2D eigenvalue weighted by Gasteiger charge is 2.19. The van der Waals surface area contributed by atoms with Crippen LogP contribution in [0.25, 0.3) is 0 Å². The normalized spacial score (nSPS) is 16.3. The summed E-state index contributed by atoms with van der Waals surface area (Å²) in [7, 11) is 0. The Morgan fingerprint density at radius 1 is 0.236 bits per heavy atom. The molecule has 0 heterocycles. The largest absolute Gasteiger partial charge is 0.481 e. The maximum Gasteiger partial charge on any atom is 0.306 e. The molecule has 3 saturated carbocycles. The fourth-order valence-corrected chi connectivity index (χ4v) is 13.8. The molecule has 3 rings (SSSR count). The van der Waals surface area contributed by atoms with Crippen LogP contribution in [-0.4, -0.2) is 45.8 Å². The van der Waals surface area contributed by atoms with E-state index in [1.165, 1.54) is 360 Å². The molecule has 3 aliphatic carbocycles. The lowest BCUT2D eigenvalue weighted by atomic mass is 9.92. The number of carbonyl (C=O) groups excluding carboxylic acids is 1. The van der Waals surface area contributed by atoms with Crippen molar-refractivity contribution in [3.63, 3.8) is 0 Å². The van der Waals surface area contributed by atoms with E-state index in [9.17, 15) is 19.2 Å².